The van der Waals surface area contributed by atoms with Gasteiger partial charge in [0, 0.05) is 69.5 Å². The molecule has 0 saturated carbocycles. The van der Waals surface area contributed by atoms with Gasteiger partial charge in [-0.1, -0.05) is 31.2 Å². The Balaban J connectivity index is 1.29. The van der Waals surface area contributed by atoms with Crippen molar-refractivity contribution < 1.29 is 9.59 Å². The zero-order chi connectivity index (χ0) is 24.6. The van der Waals surface area contributed by atoms with Gasteiger partial charge in [-0.15, -0.1) is 0 Å². The van der Waals surface area contributed by atoms with Gasteiger partial charge >= 0.3 is 6.03 Å². The van der Waals surface area contributed by atoms with Crippen LogP contribution >= 0.6 is 0 Å². The van der Waals surface area contributed by atoms with Crippen LogP contribution < -0.4 is 10.6 Å². The number of likely N-dealkylation sites (N-methyl/N-ethyl adjacent to an activating group) is 1. The van der Waals surface area contributed by atoms with E-state index in [0.29, 0.717) is 18.7 Å². The van der Waals surface area contributed by atoms with E-state index in [9.17, 15) is 9.59 Å². The van der Waals surface area contributed by atoms with Crippen molar-refractivity contribution in [3.8, 4) is 0 Å². The molecule has 0 aromatic heterocycles. The molecule has 2 aliphatic heterocycles. The highest BCUT2D eigenvalue weighted by atomic mass is 16.2. The van der Waals surface area contributed by atoms with E-state index in [4.69, 9.17) is 0 Å². The van der Waals surface area contributed by atoms with E-state index in [1.165, 1.54) is 5.56 Å². The normalized spacial score (nSPS) is 19.4. The third kappa shape index (κ3) is 7.05. The summed E-state index contributed by atoms with van der Waals surface area (Å²) in [7, 11) is 2.15. The van der Waals surface area contributed by atoms with Crippen LogP contribution in [0.4, 0.5) is 10.5 Å². The molecule has 35 heavy (non-hydrogen) atoms. The van der Waals surface area contributed by atoms with Gasteiger partial charge in [-0.25, -0.2) is 4.79 Å². The van der Waals surface area contributed by atoms with Crippen LogP contribution in [-0.4, -0.2) is 86.0 Å². The Hall–Kier alpha value is -2.90. The van der Waals surface area contributed by atoms with Gasteiger partial charge in [0.1, 0.15) is 0 Å². The molecule has 7 nitrogen and oxygen atoms in total. The number of carbonyl (C=O) groups excluding carboxylic acids is 2. The molecule has 2 N–H and O–H groups in total. The standard InChI is InChI=1S/C28H39N5O2/c1-3-22-9-11-26(12-10-22)30-28(35)33-14-5-8-25(21-33)23-6-4-7-24(20-23)27(34)29-13-15-32-18-16-31(2)17-19-32/h4,6-7,9-12,20,25H,3,5,8,13-19,21H2,1-2H3,(H,29,34)(H,30,35)/t25-/m0/s1. The summed E-state index contributed by atoms with van der Waals surface area (Å²) < 4.78 is 0. The molecule has 2 saturated heterocycles. The van der Waals surface area contributed by atoms with Crippen molar-refractivity contribution in [1.82, 2.24) is 20.0 Å². The second-order valence-corrected chi connectivity index (χ2v) is 9.79. The van der Waals surface area contributed by atoms with Crippen molar-refractivity contribution >= 4 is 17.6 Å². The van der Waals surface area contributed by atoms with Crippen LogP contribution in [-0.2, 0) is 6.42 Å². The van der Waals surface area contributed by atoms with Gasteiger partial charge in [0.2, 0.25) is 0 Å². The van der Waals surface area contributed by atoms with E-state index in [1.54, 1.807) is 0 Å². The maximum atomic E-state index is 12.9. The van der Waals surface area contributed by atoms with Gasteiger partial charge < -0.3 is 20.4 Å². The van der Waals surface area contributed by atoms with Crippen molar-refractivity contribution in [2.24, 2.45) is 0 Å². The minimum absolute atomic E-state index is 0.0260. The fourth-order valence-corrected chi connectivity index (χ4v) is 4.89. The Morgan fingerprint density at radius 1 is 1.00 bits per heavy atom. The number of hydrogen-bond acceptors (Lipinski definition) is 4. The van der Waals surface area contributed by atoms with Crippen LogP contribution in [0.25, 0.3) is 0 Å². The number of piperidine rings is 1. The van der Waals surface area contributed by atoms with Crippen LogP contribution in [0, 0.1) is 0 Å². The zero-order valence-corrected chi connectivity index (χ0v) is 21.1. The number of nitrogens with one attached hydrogen (secondary N) is 2. The Morgan fingerprint density at radius 2 is 1.77 bits per heavy atom. The number of likely N-dealkylation sites (tertiary alicyclic amines) is 1. The smallest absolute Gasteiger partial charge is 0.321 e. The summed E-state index contributed by atoms with van der Waals surface area (Å²) >= 11 is 0. The fourth-order valence-electron chi connectivity index (χ4n) is 4.89. The molecule has 2 fully saturated rings. The number of benzene rings is 2. The molecular weight excluding hydrogens is 438 g/mol. The number of aryl methyl sites for hydroxylation is 1. The van der Waals surface area contributed by atoms with E-state index in [2.05, 4.69) is 52.6 Å². The highest BCUT2D eigenvalue weighted by Crippen LogP contribution is 2.28. The quantitative estimate of drug-likeness (QED) is 0.639. The first kappa shape index (κ1) is 25.2. The topological polar surface area (TPSA) is 67.9 Å². The predicted molar refractivity (Wildman–Crippen MR) is 141 cm³/mol. The lowest BCUT2D eigenvalue weighted by Gasteiger charge is -2.33. The van der Waals surface area contributed by atoms with Crippen LogP contribution in [0.1, 0.15) is 47.2 Å². The minimum atomic E-state index is -0.0586. The summed E-state index contributed by atoms with van der Waals surface area (Å²) in [6, 6.07) is 15.9. The molecule has 0 radical (unpaired) electrons. The molecule has 2 aliphatic rings. The molecule has 2 heterocycles. The highest BCUT2D eigenvalue weighted by Gasteiger charge is 2.25. The lowest BCUT2D eigenvalue weighted by molar-refractivity contribution is 0.0940. The predicted octanol–water partition coefficient (Wildman–Crippen LogP) is 3.64. The Labute approximate surface area is 209 Å². The average molecular weight is 478 g/mol. The molecule has 0 spiro atoms. The molecule has 0 unspecified atom stereocenters. The molecule has 0 bridgehead atoms. The van der Waals surface area contributed by atoms with E-state index in [0.717, 1.165) is 69.8 Å². The number of hydrogen-bond donors (Lipinski definition) is 2. The largest absolute Gasteiger partial charge is 0.351 e. The molecule has 7 heteroatoms. The maximum Gasteiger partial charge on any atom is 0.321 e. The number of anilines is 1. The molecule has 2 aromatic carbocycles. The summed E-state index contributed by atoms with van der Waals surface area (Å²) in [5, 5.41) is 6.11. The Bertz CT molecular complexity index is 985. The lowest BCUT2D eigenvalue weighted by Crippen LogP contribution is -2.46. The molecular formula is C28H39N5O2. The van der Waals surface area contributed by atoms with E-state index < -0.39 is 0 Å². The van der Waals surface area contributed by atoms with E-state index >= 15 is 0 Å². The summed E-state index contributed by atoms with van der Waals surface area (Å²) in [6.07, 6.45) is 2.95. The molecule has 1 atom stereocenters. The average Bonchev–Trinajstić information content (AvgIpc) is 2.90. The van der Waals surface area contributed by atoms with Gasteiger partial charge in [-0.3, -0.25) is 9.69 Å². The lowest BCUT2D eigenvalue weighted by atomic mass is 9.89. The fraction of sp³-hybridized carbons (Fsp3) is 0.500. The van der Waals surface area contributed by atoms with Gasteiger partial charge in [-0.2, -0.15) is 0 Å². The monoisotopic (exact) mass is 477 g/mol. The van der Waals surface area contributed by atoms with E-state index in [-0.39, 0.29) is 17.9 Å². The van der Waals surface area contributed by atoms with Gasteiger partial charge in [0.05, 0.1) is 0 Å². The van der Waals surface area contributed by atoms with Gasteiger partial charge in [0.25, 0.3) is 5.91 Å². The van der Waals surface area contributed by atoms with Crippen molar-refractivity contribution in [1.29, 1.82) is 0 Å². The van der Waals surface area contributed by atoms with Crippen molar-refractivity contribution in [2.45, 2.75) is 32.1 Å². The molecule has 2 aromatic rings. The van der Waals surface area contributed by atoms with Crippen molar-refractivity contribution in [2.75, 3.05) is 64.7 Å². The second kappa shape index (κ2) is 12.2. The third-order valence-corrected chi connectivity index (χ3v) is 7.25. The summed E-state index contributed by atoms with van der Waals surface area (Å²) in [6.45, 7) is 9.34. The molecule has 0 aliphatic carbocycles. The highest BCUT2D eigenvalue weighted by molar-refractivity contribution is 5.94. The second-order valence-electron chi connectivity index (χ2n) is 9.79. The van der Waals surface area contributed by atoms with Crippen LogP contribution in [0.5, 0.6) is 0 Å². The number of nitrogens with zero attached hydrogens (tertiary/aromatic N) is 3. The molecule has 3 amide bonds. The number of rotatable bonds is 7. The summed E-state index contributed by atoms with van der Waals surface area (Å²) in [4.78, 5) is 32.3. The number of carbonyl (C=O) groups is 2. The number of piperazine rings is 1. The maximum absolute atomic E-state index is 12.9. The van der Waals surface area contributed by atoms with E-state index in [1.807, 2.05) is 35.2 Å². The van der Waals surface area contributed by atoms with Crippen molar-refractivity contribution in [3.63, 3.8) is 0 Å². The minimum Gasteiger partial charge on any atom is -0.351 e. The molecule has 188 valence electrons. The van der Waals surface area contributed by atoms with Crippen molar-refractivity contribution in [3.05, 3.63) is 65.2 Å². The number of amides is 3. The molecule has 4 rings (SSSR count). The zero-order valence-electron chi connectivity index (χ0n) is 21.1. The Kier molecular flexibility index (Phi) is 8.77. The van der Waals surface area contributed by atoms with Gasteiger partial charge in [-0.05, 0) is 61.7 Å². The first-order chi connectivity index (χ1) is 17.0. The first-order valence-corrected chi connectivity index (χ1v) is 13.0. The number of urea groups is 1. The third-order valence-electron chi connectivity index (χ3n) is 7.25. The Morgan fingerprint density at radius 3 is 2.51 bits per heavy atom. The summed E-state index contributed by atoms with van der Waals surface area (Å²) in [5.41, 5.74) is 3.90. The van der Waals surface area contributed by atoms with Gasteiger partial charge in [0.15, 0.2) is 0 Å². The van der Waals surface area contributed by atoms with Crippen LogP contribution in [0.15, 0.2) is 48.5 Å². The van der Waals surface area contributed by atoms with Crippen LogP contribution in [0.3, 0.4) is 0 Å². The summed E-state index contributed by atoms with van der Waals surface area (Å²) in [5.74, 6) is 0.206. The van der Waals surface area contributed by atoms with Crippen LogP contribution in [0.2, 0.25) is 0 Å². The SMILES string of the molecule is CCc1ccc(NC(=O)N2CCC[C@H](c3cccc(C(=O)NCCN4CCN(C)CC4)c3)C2)cc1. The first-order valence-electron chi connectivity index (χ1n) is 13.0.